The van der Waals surface area contributed by atoms with E-state index in [9.17, 15) is 13.2 Å². The number of hydrogen-bond donors (Lipinski definition) is 0. The van der Waals surface area contributed by atoms with Crippen molar-refractivity contribution in [1.29, 1.82) is 0 Å². The Morgan fingerprint density at radius 1 is 0.227 bits per heavy atom. The molecule has 702 valence electrons. The van der Waals surface area contributed by atoms with Gasteiger partial charge in [0.25, 0.3) is 0 Å². The van der Waals surface area contributed by atoms with Crippen LogP contribution in [0.15, 0.2) is 133 Å². The van der Waals surface area contributed by atoms with Gasteiger partial charge in [-0.3, -0.25) is 0 Å². The van der Waals surface area contributed by atoms with E-state index in [1.165, 1.54) is 44.2 Å². The Balaban J connectivity index is 0.000000160. The maximum Gasteiger partial charge on any atom is 0.416 e. The van der Waals surface area contributed by atoms with Crippen LogP contribution in [0.5, 0.6) is 40.2 Å². The second-order valence-corrected chi connectivity index (χ2v) is 42.3. The van der Waals surface area contributed by atoms with E-state index in [2.05, 4.69) is 251 Å². The second-order valence-electron chi connectivity index (χ2n) is 42.3. The number of hydrogen-bond acceptors (Lipinski definition) is 17. The van der Waals surface area contributed by atoms with Crippen LogP contribution in [0.3, 0.4) is 0 Å². The minimum Gasteiger partial charge on any atom is -0.497 e. The molecule has 5 aromatic heterocycles. The first-order chi connectivity index (χ1) is 61.2. The lowest BCUT2D eigenvalue weighted by atomic mass is 9.77. The normalized spacial score (nSPS) is 12.4. The second kappa shape index (κ2) is 37.3. The van der Waals surface area contributed by atoms with Gasteiger partial charge >= 0.3 is 6.18 Å². The molecule has 0 saturated carbocycles. The molecule has 0 aliphatic rings. The van der Waals surface area contributed by atoms with Crippen LogP contribution in [0.1, 0.15) is 255 Å². The fourth-order valence-electron chi connectivity index (χ4n) is 17.0. The van der Waals surface area contributed by atoms with Gasteiger partial charge in [-0.05, 0) is 220 Å². The van der Waals surface area contributed by atoms with Crippen molar-refractivity contribution in [2.24, 2.45) is 0 Å². The van der Waals surface area contributed by atoms with E-state index >= 15 is 0 Å². The Morgan fingerprint density at radius 3 is 0.742 bits per heavy atom. The highest BCUT2D eigenvalue weighted by Crippen LogP contribution is 2.49. The van der Waals surface area contributed by atoms with Crippen molar-refractivity contribution < 1.29 is 46.3 Å². The van der Waals surface area contributed by atoms with Crippen molar-refractivity contribution in [2.75, 3.05) is 49.8 Å². The van der Waals surface area contributed by atoms with Gasteiger partial charge in [0, 0.05) is 33.9 Å². The zero-order chi connectivity index (χ0) is 97.9. The topological polar surface area (TPSA) is 218 Å². The molecule has 0 bridgehead atoms. The molecule has 15 aromatic rings. The van der Waals surface area contributed by atoms with Crippen LogP contribution < -0.4 is 33.2 Å². The van der Waals surface area contributed by atoms with E-state index in [-0.39, 0.29) is 48.8 Å². The summed E-state index contributed by atoms with van der Waals surface area (Å²) in [6, 6.07) is 42.0. The molecule has 10 aromatic carbocycles. The van der Waals surface area contributed by atoms with E-state index in [1.807, 2.05) is 99.6 Å². The van der Waals surface area contributed by atoms with Crippen LogP contribution in [0, 0.1) is 48.5 Å². The van der Waals surface area contributed by atoms with E-state index in [4.69, 9.17) is 63.8 Å². The number of ether oxygens (including phenoxy) is 7. The molecule has 22 nitrogen and oxygen atoms in total. The number of benzene rings is 10. The number of halogens is 3. The summed E-state index contributed by atoms with van der Waals surface area (Å²) in [5, 5.41) is 46.4. The molecule has 0 aliphatic heterocycles. The van der Waals surface area contributed by atoms with Crippen LogP contribution in [-0.4, -0.2) is 125 Å². The predicted octanol–water partition coefficient (Wildman–Crippen LogP) is 25.7. The van der Waals surface area contributed by atoms with E-state index in [0.717, 1.165) is 164 Å². The van der Waals surface area contributed by atoms with Gasteiger partial charge in [0.15, 0.2) is 5.75 Å². The van der Waals surface area contributed by atoms with Gasteiger partial charge in [0.05, 0.1) is 55.3 Å². The van der Waals surface area contributed by atoms with Gasteiger partial charge in [-0.2, -0.15) is 13.2 Å². The number of alkyl halides is 3. The van der Waals surface area contributed by atoms with Gasteiger partial charge in [-0.25, -0.2) is 0 Å². The van der Waals surface area contributed by atoms with Crippen LogP contribution in [0.4, 0.5) is 13.2 Å². The first kappa shape index (κ1) is 100. The zero-order valence-corrected chi connectivity index (χ0v) is 84.9. The fourth-order valence-corrected chi connectivity index (χ4v) is 17.0. The lowest BCUT2D eigenvalue weighted by Crippen LogP contribution is -2.21. The van der Waals surface area contributed by atoms with E-state index < -0.39 is 11.7 Å². The summed E-state index contributed by atoms with van der Waals surface area (Å²) in [7, 11) is 11.7. The van der Waals surface area contributed by atoms with Crippen LogP contribution in [0.25, 0.3) is 83.6 Å². The largest absolute Gasteiger partial charge is 0.497 e. The summed E-state index contributed by atoms with van der Waals surface area (Å²) >= 11 is 0. The molecule has 0 radical (unpaired) electrons. The standard InChI is InChI=1S/C23H28F3N3O.C23H31N3O2.C23H31N3O.C22H29N3O.C16H17N3O2/c1-13-15(21(2,3)4)12-16(22(5,6)7)20(30-8)19(13)29-27-17-10-9-14(23(24,25)26)11-18(17)28-29;1-14-16(22(2,3)4)13-17(23(5,6)7)21(28-9)20(14)26-24-18-11-10-15(27-8)12-19(18)25-26;1-14-10-11-18-19(12-14)25-26(24-18)20-15(2)16(22(3,4)5)13-17(21(20)27-9)23(6,7)8;1-14-15(21(2,3)4)13-16(22(5,6)7)20(26-8)19(14)25-23-17-11-9-10-12-18(17)24-25;1-10-9-14(20-3)11(2)16(21-4)15(10)19-17-12-7-5-6-8-13(12)18-19/h9-12H,1-8H3;10-13H,1-9H3;10-13H,1-9H3;9-13H,1-8H3;5-9H,1-4H3. The highest BCUT2D eigenvalue weighted by molar-refractivity contribution is 5.80. The summed E-state index contributed by atoms with van der Waals surface area (Å²) in [5.74, 6) is 5.45. The van der Waals surface area contributed by atoms with Crippen molar-refractivity contribution in [3.63, 3.8) is 0 Å². The summed E-state index contributed by atoms with van der Waals surface area (Å²) in [4.78, 5) is 8.24. The van der Waals surface area contributed by atoms with Gasteiger partial charge < -0.3 is 33.2 Å². The molecule has 5 heterocycles. The molecule has 0 amide bonds. The lowest BCUT2D eigenvalue weighted by Gasteiger charge is -2.30. The maximum absolute atomic E-state index is 13.1. The molecule has 132 heavy (non-hydrogen) atoms. The zero-order valence-electron chi connectivity index (χ0n) is 84.9. The summed E-state index contributed by atoms with van der Waals surface area (Å²) in [5.41, 5.74) is 27.3. The van der Waals surface area contributed by atoms with Crippen molar-refractivity contribution >= 4 is 55.2 Å². The first-order valence-corrected chi connectivity index (χ1v) is 44.7. The molecule has 0 N–H and O–H groups in total. The SMILES string of the molecule is COc1c(C(C)(C)C)cc(C(C)(C)C)c(C)c1-n1nc2ccc(C(F)(F)F)cc2n1.COc1c(C(C)(C)C)cc(C(C)(C)C)c(C)c1-n1nc2ccc(C)cc2n1.COc1c(C(C)(C)C)cc(C(C)(C)C)c(C)c1-n1nc2ccccc2n1.COc1cc(C)c(-n2nc3ccccc3n2)c(OC)c1C.COc1ccc2nn(-c3c(C)c(C(C)(C)C)cc(C(C)(C)C)c3OC)nc2c1. The molecule has 0 saturated heterocycles. The minimum absolute atomic E-state index is 0.00820. The van der Waals surface area contributed by atoms with Crippen LogP contribution in [0.2, 0.25) is 0 Å². The molecule has 0 fully saturated rings. The molecule has 0 aliphatic carbocycles. The number of fused-ring (bicyclic) bond motifs is 5. The molecule has 15 rings (SSSR count). The van der Waals surface area contributed by atoms with Crippen molar-refractivity contribution in [3.05, 3.63) is 222 Å². The predicted molar refractivity (Wildman–Crippen MR) is 528 cm³/mol. The summed E-state index contributed by atoms with van der Waals surface area (Å²) in [6.07, 6.45) is -4.43. The molecule has 0 unspecified atom stereocenters. The Kier molecular flexibility index (Phi) is 28.3. The Bertz CT molecular complexity index is 6700. The number of aryl methyl sites for hydroxylation is 2. The van der Waals surface area contributed by atoms with Gasteiger partial charge in [-0.1, -0.05) is 221 Å². The third kappa shape index (κ3) is 20.9. The fraction of sp³-hybridized carbons (Fsp3) is 0.439. The average molecular weight is 1800 g/mol. The molecule has 25 heteroatoms. The van der Waals surface area contributed by atoms with E-state index in [1.54, 1.807) is 69.0 Å². The number of aromatic nitrogens is 15. The number of rotatable bonds is 12. The van der Waals surface area contributed by atoms with Gasteiger partial charge in [-0.15, -0.1) is 75.0 Å². The first-order valence-electron chi connectivity index (χ1n) is 44.7. The quantitative estimate of drug-likeness (QED) is 0.111. The Labute approximate surface area is 777 Å². The van der Waals surface area contributed by atoms with Gasteiger partial charge in [0.1, 0.15) is 118 Å². The van der Waals surface area contributed by atoms with Crippen molar-refractivity contribution in [1.82, 2.24) is 75.0 Å². The van der Waals surface area contributed by atoms with Crippen LogP contribution in [-0.2, 0) is 49.5 Å². The Morgan fingerprint density at radius 2 is 0.477 bits per heavy atom. The van der Waals surface area contributed by atoms with Crippen LogP contribution >= 0.6 is 0 Å². The summed E-state index contributed by atoms with van der Waals surface area (Å²) < 4.78 is 79.2. The smallest absolute Gasteiger partial charge is 0.416 e. The molecular weight excluding hydrogens is 1660 g/mol. The highest BCUT2D eigenvalue weighted by atomic mass is 19.4. The van der Waals surface area contributed by atoms with Crippen molar-refractivity contribution in [2.45, 2.75) is 264 Å². The molecular formula is C107H136F3N15O7. The highest BCUT2D eigenvalue weighted by Gasteiger charge is 2.37. The lowest BCUT2D eigenvalue weighted by molar-refractivity contribution is -0.137. The minimum atomic E-state index is -4.43. The third-order valence-electron chi connectivity index (χ3n) is 23.8. The summed E-state index contributed by atoms with van der Waals surface area (Å²) in [6.45, 7) is 67.1. The maximum atomic E-state index is 13.1. The average Bonchev–Trinajstić information content (AvgIpc) is 1.39. The number of methoxy groups -OCH3 is 7. The van der Waals surface area contributed by atoms with Crippen molar-refractivity contribution in [3.8, 4) is 68.7 Å². The Hall–Kier alpha value is -12.4. The number of nitrogens with zero attached hydrogens (tertiary/aromatic N) is 15. The third-order valence-corrected chi connectivity index (χ3v) is 23.8. The molecule has 0 atom stereocenters. The van der Waals surface area contributed by atoms with Gasteiger partial charge in [0.2, 0.25) is 0 Å². The molecule has 0 spiro atoms. The van der Waals surface area contributed by atoms with E-state index in [0.29, 0.717) is 17.0 Å². The monoisotopic (exact) mass is 1800 g/mol.